The first-order chi connectivity index (χ1) is 9.83. The predicted molar refractivity (Wildman–Crippen MR) is 74.7 cm³/mol. The molecule has 0 radical (unpaired) electrons. The summed E-state index contributed by atoms with van der Waals surface area (Å²) in [6, 6.07) is 7.07. The van der Waals surface area contributed by atoms with E-state index >= 15 is 0 Å². The van der Waals surface area contributed by atoms with Crippen molar-refractivity contribution in [2.75, 3.05) is 12.8 Å². The Morgan fingerprint density at radius 1 is 1.10 bits per heavy atom. The molecule has 0 amide bonds. The van der Waals surface area contributed by atoms with Gasteiger partial charge in [0, 0.05) is 17.3 Å². The molecule has 4 nitrogen and oxygen atoms in total. The summed E-state index contributed by atoms with van der Waals surface area (Å²) in [5.74, 6) is -2.06. The average Bonchev–Trinajstić information content (AvgIpc) is 2.40. The van der Waals surface area contributed by atoms with Gasteiger partial charge in [-0.3, -0.25) is 0 Å². The predicted octanol–water partition coefficient (Wildman–Crippen LogP) is 2.53. The highest BCUT2D eigenvalue weighted by atomic mass is 32.2. The molecule has 0 spiro atoms. The smallest absolute Gasteiger partial charge is 0.185 e. The van der Waals surface area contributed by atoms with Crippen LogP contribution in [-0.4, -0.2) is 15.5 Å². The van der Waals surface area contributed by atoms with Crippen LogP contribution in [0.5, 0.6) is 5.75 Å². The van der Waals surface area contributed by atoms with Crippen LogP contribution in [0.3, 0.4) is 0 Å². The molecule has 2 aromatic rings. The van der Waals surface area contributed by atoms with Crippen LogP contribution in [0, 0.1) is 11.6 Å². The minimum Gasteiger partial charge on any atom is -0.497 e. The summed E-state index contributed by atoms with van der Waals surface area (Å²) in [7, 11) is -2.64. The van der Waals surface area contributed by atoms with E-state index in [1.807, 2.05) is 0 Å². The van der Waals surface area contributed by atoms with Gasteiger partial charge in [0.15, 0.2) is 9.84 Å². The molecule has 21 heavy (non-hydrogen) atoms. The topological polar surface area (TPSA) is 69.4 Å². The number of rotatable bonds is 4. The minimum atomic E-state index is -4.01. The van der Waals surface area contributed by atoms with Crippen molar-refractivity contribution in [3.05, 3.63) is 53.6 Å². The molecule has 0 atom stereocenters. The highest BCUT2D eigenvalue weighted by Gasteiger charge is 2.21. The zero-order valence-corrected chi connectivity index (χ0v) is 12.0. The van der Waals surface area contributed by atoms with E-state index in [9.17, 15) is 17.2 Å². The molecule has 0 aliphatic rings. The third-order valence-electron chi connectivity index (χ3n) is 2.90. The maximum atomic E-state index is 13.8. The number of hydrogen-bond donors (Lipinski definition) is 1. The van der Waals surface area contributed by atoms with Crippen molar-refractivity contribution < 1.29 is 21.9 Å². The minimum absolute atomic E-state index is 0.0629. The summed E-state index contributed by atoms with van der Waals surface area (Å²) in [6.45, 7) is 0. The second-order valence-corrected chi connectivity index (χ2v) is 6.36. The summed E-state index contributed by atoms with van der Waals surface area (Å²) in [4.78, 5) is -0.507. The first-order valence-corrected chi connectivity index (χ1v) is 7.59. The van der Waals surface area contributed by atoms with Crippen molar-refractivity contribution in [3.63, 3.8) is 0 Å². The van der Waals surface area contributed by atoms with E-state index < -0.39 is 32.1 Å². The van der Waals surface area contributed by atoms with Gasteiger partial charge < -0.3 is 10.5 Å². The van der Waals surface area contributed by atoms with Gasteiger partial charge >= 0.3 is 0 Å². The quantitative estimate of drug-likeness (QED) is 0.881. The molecule has 112 valence electrons. The Labute approximate surface area is 121 Å². The fourth-order valence-electron chi connectivity index (χ4n) is 1.82. The highest BCUT2D eigenvalue weighted by Crippen LogP contribution is 2.24. The Kier molecular flexibility index (Phi) is 4.13. The lowest BCUT2D eigenvalue weighted by Gasteiger charge is -2.08. The van der Waals surface area contributed by atoms with Crippen LogP contribution in [-0.2, 0) is 15.6 Å². The van der Waals surface area contributed by atoms with Gasteiger partial charge in [-0.15, -0.1) is 0 Å². The normalized spacial score (nSPS) is 11.4. The monoisotopic (exact) mass is 313 g/mol. The number of hydrogen-bond acceptors (Lipinski definition) is 4. The van der Waals surface area contributed by atoms with Crippen LogP contribution in [0.2, 0.25) is 0 Å². The average molecular weight is 313 g/mol. The molecule has 0 saturated carbocycles. The summed E-state index contributed by atoms with van der Waals surface area (Å²) in [6.07, 6.45) is 0. The molecule has 0 bridgehead atoms. The molecule has 2 N–H and O–H groups in total. The molecule has 0 saturated heterocycles. The van der Waals surface area contributed by atoms with Crippen molar-refractivity contribution in [2.24, 2.45) is 0 Å². The molecule has 0 fully saturated rings. The summed E-state index contributed by atoms with van der Waals surface area (Å²) in [5.41, 5.74) is 5.42. The van der Waals surface area contributed by atoms with E-state index in [4.69, 9.17) is 10.5 Å². The van der Waals surface area contributed by atoms with Gasteiger partial charge in [-0.05, 0) is 24.3 Å². The van der Waals surface area contributed by atoms with Crippen LogP contribution >= 0.6 is 0 Å². The van der Waals surface area contributed by atoms with Gasteiger partial charge in [0.25, 0.3) is 0 Å². The highest BCUT2D eigenvalue weighted by molar-refractivity contribution is 7.90. The molecule has 0 aromatic heterocycles. The number of ether oxygens (including phenoxy) is 1. The lowest BCUT2D eigenvalue weighted by atomic mass is 10.2. The van der Waals surface area contributed by atoms with E-state index in [2.05, 4.69) is 0 Å². The van der Waals surface area contributed by atoms with Crippen LogP contribution < -0.4 is 10.5 Å². The van der Waals surface area contributed by atoms with Crippen molar-refractivity contribution in [3.8, 4) is 5.75 Å². The molecule has 0 heterocycles. The largest absolute Gasteiger partial charge is 0.497 e. The van der Waals surface area contributed by atoms with Crippen molar-refractivity contribution in [2.45, 2.75) is 10.6 Å². The Morgan fingerprint density at radius 2 is 1.81 bits per heavy atom. The van der Waals surface area contributed by atoms with Gasteiger partial charge in [0.05, 0.1) is 12.9 Å². The second-order valence-electron chi connectivity index (χ2n) is 4.41. The summed E-state index contributed by atoms with van der Waals surface area (Å²) >= 11 is 0. The lowest BCUT2D eigenvalue weighted by Crippen LogP contribution is -2.09. The first kappa shape index (κ1) is 15.2. The van der Waals surface area contributed by atoms with Gasteiger partial charge in [0.1, 0.15) is 22.3 Å². The van der Waals surface area contributed by atoms with Crippen LogP contribution in [0.4, 0.5) is 14.5 Å². The first-order valence-electron chi connectivity index (χ1n) is 5.93. The van der Waals surface area contributed by atoms with E-state index in [1.165, 1.54) is 25.3 Å². The van der Waals surface area contributed by atoms with Crippen molar-refractivity contribution in [1.29, 1.82) is 0 Å². The third-order valence-corrected chi connectivity index (χ3v) is 4.59. The van der Waals surface area contributed by atoms with Crippen LogP contribution in [0.1, 0.15) is 5.56 Å². The van der Waals surface area contributed by atoms with E-state index in [1.54, 1.807) is 0 Å². The molecular weight excluding hydrogens is 300 g/mol. The van der Waals surface area contributed by atoms with Gasteiger partial charge in [-0.2, -0.15) is 0 Å². The summed E-state index contributed by atoms with van der Waals surface area (Å²) in [5, 5.41) is 0. The van der Waals surface area contributed by atoms with Crippen LogP contribution in [0.25, 0.3) is 0 Å². The fraction of sp³-hybridized carbons (Fsp3) is 0.143. The molecule has 0 unspecified atom stereocenters. The van der Waals surface area contributed by atoms with Crippen LogP contribution in [0.15, 0.2) is 41.3 Å². The van der Waals surface area contributed by atoms with Crippen molar-refractivity contribution in [1.82, 2.24) is 0 Å². The van der Waals surface area contributed by atoms with Gasteiger partial charge in [0.2, 0.25) is 0 Å². The number of nitrogens with two attached hydrogens (primary N) is 1. The maximum absolute atomic E-state index is 13.8. The number of anilines is 1. The Bertz CT molecular complexity index is 776. The van der Waals surface area contributed by atoms with E-state index in [-0.39, 0.29) is 17.0 Å². The molecule has 2 rings (SSSR count). The number of sulfone groups is 1. The molecule has 0 aliphatic heterocycles. The zero-order chi connectivity index (χ0) is 15.6. The van der Waals surface area contributed by atoms with E-state index in [0.29, 0.717) is 0 Å². The number of nitrogen functional groups attached to an aromatic ring is 1. The van der Waals surface area contributed by atoms with E-state index in [0.717, 1.165) is 18.2 Å². The molecule has 2 aromatic carbocycles. The third kappa shape index (κ3) is 3.30. The molecule has 7 heteroatoms. The lowest BCUT2D eigenvalue weighted by molar-refractivity contribution is 0.411. The number of benzene rings is 2. The Morgan fingerprint density at radius 3 is 2.38 bits per heavy atom. The maximum Gasteiger partial charge on any atom is 0.185 e. The fourth-order valence-corrected chi connectivity index (χ4v) is 3.25. The SMILES string of the molecule is COc1ccc(CS(=O)(=O)c2ccc(N)cc2F)c(F)c1. The molecule has 0 aliphatic carbocycles. The summed E-state index contributed by atoms with van der Waals surface area (Å²) < 4.78 is 56.6. The zero-order valence-electron chi connectivity index (χ0n) is 11.1. The standard InChI is InChI=1S/C14H13F2NO3S/c1-20-11-4-2-9(12(15)7-11)8-21(18,19)14-5-3-10(17)6-13(14)16/h2-7H,8,17H2,1H3. The second kappa shape index (κ2) is 5.69. The molecular formula is C14H13F2NO3S. The van der Waals surface area contributed by atoms with Gasteiger partial charge in [-0.25, -0.2) is 17.2 Å². The van der Waals surface area contributed by atoms with Crippen molar-refractivity contribution >= 4 is 15.5 Å². The number of methoxy groups -OCH3 is 1. The number of halogens is 2. The Hall–Kier alpha value is -2.15. The van der Waals surface area contributed by atoms with Gasteiger partial charge in [-0.1, -0.05) is 6.07 Å². The Balaban J connectivity index is 2.37.